The number of hydrogen-bond donors (Lipinski definition) is 1. The van der Waals surface area contributed by atoms with Gasteiger partial charge in [-0.05, 0) is 30.5 Å². The van der Waals surface area contributed by atoms with Gasteiger partial charge in [-0.25, -0.2) is 0 Å². The summed E-state index contributed by atoms with van der Waals surface area (Å²) in [7, 11) is 0. The highest BCUT2D eigenvalue weighted by molar-refractivity contribution is 5.73. The van der Waals surface area contributed by atoms with Gasteiger partial charge in [0.1, 0.15) is 0 Å². The van der Waals surface area contributed by atoms with Crippen molar-refractivity contribution >= 4 is 5.91 Å². The molecule has 2 N–H and O–H groups in total. The Morgan fingerprint density at radius 3 is 2.71 bits per heavy atom. The number of amides is 1. The summed E-state index contributed by atoms with van der Waals surface area (Å²) in [4.78, 5) is 10.5. The minimum Gasteiger partial charge on any atom is -0.395 e. The van der Waals surface area contributed by atoms with Crippen LogP contribution in [0.3, 0.4) is 0 Å². The maximum absolute atomic E-state index is 12.7. The Hall–Kier alpha value is -1.85. The highest BCUT2D eigenvalue weighted by Crippen LogP contribution is 2.41. The Kier molecular flexibility index (Phi) is 2.87. The minimum atomic E-state index is -3.59. The number of benzene rings is 1. The lowest BCUT2D eigenvalue weighted by Crippen LogP contribution is -2.25. The van der Waals surface area contributed by atoms with E-state index in [1.54, 1.807) is 6.07 Å². The molecule has 6 heteroatoms. The van der Waals surface area contributed by atoms with E-state index in [0.717, 1.165) is 5.56 Å². The van der Waals surface area contributed by atoms with Gasteiger partial charge in [0, 0.05) is 6.42 Å². The van der Waals surface area contributed by atoms with E-state index in [1.165, 1.54) is 12.1 Å². The van der Waals surface area contributed by atoms with Gasteiger partial charge in [0.05, 0.1) is 0 Å². The third-order valence-electron chi connectivity index (χ3n) is 2.35. The van der Waals surface area contributed by atoms with Crippen molar-refractivity contribution in [3.63, 3.8) is 0 Å². The molecule has 1 heterocycles. The fourth-order valence-corrected chi connectivity index (χ4v) is 1.62. The number of ether oxygens (including phenoxy) is 2. The zero-order chi connectivity index (χ0) is 12.5. The van der Waals surface area contributed by atoms with Crippen LogP contribution in [0.1, 0.15) is 18.4 Å². The Balaban J connectivity index is 2.01. The molecular formula is C11H11F2NO3. The number of carbonyl (C=O) groups excluding carboxylic acids is 1. The largest absolute Gasteiger partial charge is 0.586 e. The predicted octanol–water partition coefficient (Wildman–Crippen LogP) is 1.82. The van der Waals surface area contributed by atoms with Crippen LogP contribution in [0.5, 0.6) is 11.5 Å². The first-order chi connectivity index (χ1) is 7.96. The van der Waals surface area contributed by atoms with Gasteiger partial charge < -0.3 is 15.2 Å². The van der Waals surface area contributed by atoms with Gasteiger partial charge in [0.25, 0.3) is 0 Å². The second-order valence-corrected chi connectivity index (χ2v) is 3.77. The molecule has 0 saturated carbocycles. The van der Waals surface area contributed by atoms with Crippen LogP contribution in [-0.4, -0.2) is 12.2 Å². The number of alkyl halides is 2. The molecule has 1 aliphatic heterocycles. The molecule has 1 aliphatic rings. The molecule has 0 spiro atoms. The van der Waals surface area contributed by atoms with Crippen molar-refractivity contribution in [2.75, 3.05) is 0 Å². The molecule has 4 nitrogen and oxygen atoms in total. The van der Waals surface area contributed by atoms with E-state index in [0.29, 0.717) is 12.8 Å². The summed E-state index contributed by atoms with van der Waals surface area (Å²) in [6, 6.07) is 4.57. The molecule has 1 amide bonds. The molecule has 0 atom stereocenters. The highest BCUT2D eigenvalue weighted by Gasteiger charge is 2.43. The number of aryl methyl sites for hydroxylation is 1. The summed E-state index contributed by atoms with van der Waals surface area (Å²) in [6.45, 7) is 0. The van der Waals surface area contributed by atoms with E-state index in [1.807, 2.05) is 0 Å². The molecule has 0 saturated heterocycles. The molecule has 0 unspecified atom stereocenters. The van der Waals surface area contributed by atoms with Gasteiger partial charge in [-0.3, -0.25) is 4.79 Å². The first-order valence-corrected chi connectivity index (χ1v) is 5.13. The van der Waals surface area contributed by atoms with Crippen molar-refractivity contribution in [2.45, 2.75) is 25.6 Å². The molecule has 1 aromatic rings. The van der Waals surface area contributed by atoms with Crippen LogP contribution >= 0.6 is 0 Å². The molecule has 1 aromatic carbocycles. The fraction of sp³-hybridized carbons (Fsp3) is 0.364. The molecule has 0 radical (unpaired) electrons. The third kappa shape index (κ3) is 2.83. The third-order valence-corrected chi connectivity index (χ3v) is 2.35. The van der Waals surface area contributed by atoms with E-state index in [-0.39, 0.29) is 23.8 Å². The predicted molar refractivity (Wildman–Crippen MR) is 54.8 cm³/mol. The summed E-state index contributed by atoms with van der Waals surface area (Å²) >= 11 is 0. The smallest absolute Gasteiger partial charge is 0.395 e. The lowest BCUT2D eigenvalue weighted by atomic mass is 10.1. The van der Waals surface area contributed by atoms with Crippen LogP contribution in [-0.2, 0) is 11.2 Å². The van der Waals surface area contributed by atoms with Gasteiger partial charge in [0.2, 0.25) is 5.91 Å². The SMILES string of the molecule is NC(=O)CCCc1ccc2c(c1)OC(F)(F)O2. The lowest BCUT2D eigenvalue weighted by molar-refractivity contribution is -0.286. The average molecular weight is 243 g/mol. The van der Waals surface area contributed by atoms with Crippen LogP contribution in [0.4, 0.5) is 8.78 Å². The number of hydrogen-bond acceptors (Lipinski definition) is 3. The van der Waals surface area contributed by atoms with Gasteiger partial charge in [-0.2, -0.15) is 0 Å². The summed E-state index contributed by atoms with van der Waals surface area (Å²) in [5.41, 5.74) is 5.80. The van der Waals surface area contributed by atoms with Gasteiger partial charge in [-0.1, -0.05) is 6.07 Å². The van der Waals surface area contributed by atoms with Crippen molar-refractivity contribution < 1.29 is 23.0 Å². The fourth-order valence-electron chi connectivity index (χ4n) is 1.62. The van der Waals surface area contributed by atoms with E-state index < -0.39 is 6.29 Å². The maximum atomic E-state index is 12.7. The normalized spacial score (nSPS) is 15.9. The van der Waals surface area contributed by atoms with Crippen molar-refractivity contribution in [3.8, 4) is 11.5 Å². The van der Waals surface area contributed by atoms with Crippen molar-refractivity contribution in [2.24, 2.45) is 5.73 Å². The molecular weight excluding hydrogens is 232 g/mol. The molecule has 0 fully saturated rings. The van der Waals surface area contributed by atoms with Gasteiger partial charge in [0.15, 0.2) is 11.5 Å². The number of halogens is 2. The summed E-state index contributed by atoms with van der Waals surface area (Å²) in [6.07, 6.45) is -2.17. The van der Waals surface area contributed by atoms with E-state index >= 15 is 0 Å². The van der Waals surface area contributed by atoms with Crippen molar-refractivity contribution in [1.29, 1.82) is 0 Å². The molecule has 0 bridgehead atoms. The summed E-state index contributed by atoms with van der Waals surface area (Å²) in [5.74, 6) is -0.336. The summed E-state index contributed by atoms with van der Waals surface area (Å²) in [5, 5.41) is 0. The van der Waals surface area contributed by atoms with E-state index in [9.17, 15) is 13.6 Å². The van der Waals surface area contributed by atoms with Crippen LogP contribution in [0.15, 0.2) is 18.2 Å². The second kappa shape index (κ2) is 4.20. The van der Waals surface area contributed by atoms with Gasteiger partial charge in [-0.15, -0.1) is 8.78 Å². The lowest BCUT2D eigenvalue weighted by Gasteiger charge is -2.04. The number of carbonyl (C=O) groups is 1. The first kappa shape index (κ1) is 11.6. The number of primary amides is 1. The van der Waals surface area contributed by atoms with E-state index in [4.69, 9.17) is 5.73 Å². The number of rotatable bonds is 4. The second-order valence-electron chi connectivity index (χ2n) is 3.77. The quantitative estimate of drug-likeness (QED) is 0.877. The Bertz CT molecular complexity index is 448. The monoisotopic (exact) mass is 243 g/mol. The van der Waals surface area contributed by atoms with Crippen LogP contribution in [0.2, 0.25) is 0 Å². The zero-order valence-corrected chi connectivity index (χ0v) is 8.91. The number of nitrogens with two attached hydrogens (primary N) is 1. The number of fused-ring (bicyclic) bond motifs is 1. The topological polar surface area (TPSA) is 61.6 Å². The van der Waals surface area contributed by atoms with Crippen molar-refractivity contribution in [1.82, 2.24) is 0 Å². The molecule has 0 aromatic heterocycles. The van der Waals surface area contributed by atoms with Gasteiger partial charge >= 0.3 is 6.29 Å². The van der Waals surface area contributed by atoms with E-state index in [2.05, 4.69) is 9.47 Å². The minimum absolute atomic E-state index is 0.0200. The molecule has 2 rings (SSSR count). The summed E-state index contributed by atoms with van der Waals surface area (Å²) < 4.78 is 34.0. The Labute approximate surface area is 96.3 Å². The Morgan fingerprint density at radius 2 is 2.00 bits per heavy atom. The van der Waals surface area contributed by atoms with Crippen LogP contribution in [0, 0.1) is 0 Å². The molecule has 0 aliphatic carbocycles. The molecule has 92 valence electrons. The maximum Gasteiger partial charge on any atom is 0.586 e. The van der Waals surface area contributed by atoms with Crippen molar-refractivity contribution in [3.05, 3.63) is 23.8 Å². The molecule has 17 heavy (non-hydrogen) atoms. The van der Waals surface area contributed by atoms with Crippen LogP contribution < -0.4 is 15.2 Å². The van der Waals surface area contributed by atoms with Crippen LogP contribution in [0.25, 0.3) is 0 Å². The zero-order valence-electron chi connectivity index (χ0n) is 8.91. The first-order valence-electron chi connectivity index (χ1n) is 5.13. The average Bonchev–Trinajstić information content (AvgIpc) is 2.50. The highest BCUT2D eigenvalue weighted by atomic mass is 19.3. The Morgan fingerprint density at radius 1 is 1.29 bits per heavy atom. The standard InChI is InChI=1S/C11H11F2NO3/c12-11(13)16-8-5-4-7(6-9(8)17-11)2-1-3-10(14)15/h4-6H,1-3H2,(H2,14,15).